The first-order valence-electron chi connectivity index (χ1n) is 12.6. The molecule has 1 aromatic heterocycles. The smallest absolute Gasteiger partial charge is 0.317 e. The molecule has 1 unspecified atom stereocenters. The molecule has 2 aliphatic rings. The summed E-state index contributed by atoms with van der Waals surface area (Å²) in [6, 6.07) is 18.6. The number of rotatable bonds is 7. The molecule has 7 heteroatoms. The average Bonchev–Trinajstić information content (AvgIpc) is 3.53. The van der Waals surface area contributed by atoms with E-state index in [-0.39, 0.29) is 18.2 Å². The summed E-state index contributed by atoms with van der Waals surface area (Å²) in [7, 11) is 0. The highest BCUT2D eigenvalue weighted by molar-refractivity contribution is 5.76. The quantitative estimate of drug-likeness (QED) is 0.522. The van der Waals surface area contributed by atoms with Crippen LogP contribution in [0.1, 0.15) is 43.4 Å². The highest BCUT2D eigenvalue weighted by atomic mass is 16.5. The summed E-state index contributed by atoms with van der Waals surface area (Å²) < 4.78 is 11.9. The molecule has 0 aliphatic carbocycles. The molecule has 7 nitrogen and oxygen atoms in total. The number of fused-ring (bicyclic) bond motifs is 1. The van der Waals surface area contributed by atoms with Crippen LogP contribution in [0.5, 0.6) is 0 Å². The Hall–Kier alpha value is -3.32. The van der Waals surface area contributed by atoms with Crippen LogP contribution in [0, 0.1) is 0 Å². The zero-order valence-corrected chi connectivity index (χ0v) is 20.6. The number of carbonyl (C=O) groups excluding carboxylic acids is 1. The zero-order valence-electron chi connectivity index (χ0n) is 20.6. The normalized spacial score (nSPS) is 17.5. The maximum Gasteiger partial charge on any atom is 0.317 e. The van der Waals surface area contributed by atoms with Crippen LogP contribution in [-0.4, -0.2) is 47.9 Å². The third-order valence-electron chi connectivity index (χ3n) is 6.73. The van der Waals surface area contributed by atoms with E-state index in [9.17, 15) is 4.79 Å². The lowest BCUT2D eigenvalue weighted by Gasteiger charge is -2.30. The van der Waals surface area contributed by atoms with Gasteiger partial charge in [0.05, 0.1) is 18.2 Å². The summed E-state index contributed by atoms with van der Waals surface area (Å²) in [6.07, 6.45) is 3.00. The second-order valence-corrected chi connectivity index (χ2v) is 9.74. The van der Waals surface area contributed by atoms with Crippen LogP contribution in [0.4, 0.5) is 10.7 Å². The van der Waals surface area contributed by atoms with Gasteiger partial charge in [0, 0.05) is 37.8 Å². The minimum atomic E-state index is -0.0920. The predicted molar refractivity (Wildman–Crippen MR) is 136 cm³/mol. The van der Waals surface area contributed by atoms with Gasteiger partial charge >= 0.3 is 6.03 Å². The Bertz CT molecular complexity index is 1140. The van der Waals surface area contributed by atoms with Crippen LogP contribution in [0.2, 0.25) is 0 Å². The first-order chi connectivity index (χ1) is 17.1. The molecule has 1 fully saturated rings. The van der Waals surface area contributed by atoms with Crippen LogP contribution < -0.4 is 10.2 Å². The molecule has 3 heterocycles. The number of hydrogen-bond acceptors (Lipinski definition) is 5. The molecule has 2 aromatic carbocycles. The summed E-state index contributed by atoms with van der Waals surface area (Å²) in [4.78, 5) is 17.4. The summed E-state index contributed by atoms with van der Waals surface area (Å²) in [6.45, 7) is 7.26. The first kappa shape index (κ1) is 23.4. The number of urea groups is 1. The predicted octanol–water partition coefficient (Wildman–Crippen LogP) is 5.00. The topological polar surface area (TPSA) is 70.8 Å². The molecular formula is C28H34N4O3. The Labute approximate surface area is 207 Å². The number of benzene rings is 2. The summed E-state index contributed by atoms with van der Waals surface area (Å²) >= 11 is 0. The first-order valence-corrected chi connectivity index (χ1v) is 12.6. The van der Waals surface area contributed by atoms with Crippen molar-refractivity contribution in [1.82, 2.24) is 15.4 Å². The van der Waals surface area contributed by atoms with Gasteiger partial charge in [0.15, 0.2) is 0 Å². The maximum absolute atomic E-state index is 13.3. The number of ether oxygens (including phenoxy) is 1. The minimum absolute atomic E-state index is 0.0450. The fourth-order valence-electron chi connectivity index (χ4n) is 4.97. The molecule has 184 valence electrons. The Kier molecular flexibility index (Phi) is 7.04. The van der Waals surface area contributed by atoms with Gasteiger partial charge in [0.1, 0.15) is 5.69 Å². The molecule has 35 heavy (non-hydrogen) atoms. The average molecular weight is 475 g/mol. The Morgan fingerprint density at radius 1 is 1.14 bits per heavy atom. The van der Waals surface area contributed by atoms with Gasteiger partial charge in [-0.3, -0.25) is 0 Å². The molecule has 0 bridgehead atoms. The van der Waals surface area contributed by atoms with E-state index >= 15 is 0 Å². The van der Waals surface area contributed by atoms with Crippen LogP contribution in [0.15, 0.2) is 59.1 Å². The molecule has 3 aromatic rings. The Morgan fingerprint density at radius 2 is 1.91 bits per heavy atom. The van der Waals surface area contributed by atoms with E-state index in [2.05, 4.69) is 39.6 Å². The molecule has 1 saturated heterocycles. The van der Waals surface area contributed by atoms with Crippen LogP contribution in [0.25, 0.3) is 11.3 Å². The van der Waals surface area contributed by atoms with Gasteiger partial charge in [0.25, 0.3) is 0 Å². The van der Waals surface area contributed by atoms with Gasteiger partial charge in [-0.25, -0.2) is 4.79 Å². The monoisotopic (exact) mass is 474 g/mol. The van der Waals surface area contributed by atoms with Crippen LogP contribution in [-0.2, 0) is 24.2 Å². The fraction of sp³-hybridized carbons (Fsp3) is 0.429. The van der Waals surface area contributed by atoms with Crippen molar-refractivity contribution in [1.29, 1.82) is 0 Å². The summed E-state index contributed by atoms with van der Waals surface area (Å²) in [5, 5.41) is 7.58. The lowest BCUT2D eigenvalue weighted by Crippen LogP contribution is -2.45. The number of carbonyl (C=O) groups is 1. The largest absolute Gasteiger partial charge is 0.376 e. The van der Waals surface area contributed by atoms with Crippen molar-refractivity contribution in [3.05, 3.63) is 71.3 Å². The summed E-state index contributed by atoms with van der Waals surface area (Å²) in [5.74, 6) is 0.744. The van der Waals surface area contributed by atoms with Crippen molar-refractivity contribution < 1.29 is 14.1 Å². The molecule has 0 spiro atoms. The van der Waals surface area contributed by atoms with E-state index in [0.29, 0.717) is 13.1 Å². The van der Waals surface area contributed by atoms with Crippen molar-refractivity contribution in [2.45, 2.75) is 58.3 Å². The molecule has 1 atom stereocenters. The van der Waals surface area contributed by atoms with Crippen molar-refractivity contribution in [3.63, 3.8) is 0 Å². The Balaban J connectivity index is 1.49. The van der Waals surface area contributed by atoms with Crippen LogP contribution in [0.3, 0.4) is 0 Å². The van der Waals surface area contributed by atoms with Gasteiger partial charge in [-0.2, -0.15) is 0 Å². The molecule has 0 radical (unpaired) electrons. The maximum atomic E-state index is 13.3. The van der Waals surface area contributed by atoms with E-state index in [1.807, 2.05) is 49.1 Å². The van der Waals surface area contributed by atoms with Gasteiger partial charge in [-0.1, -0.05) is 59.8 Å². The molecule has 2 aliphatic heterocycles. The van der Waals surface area contributed by atoms with Gasteiger partial charge < -0.3 is 24.4 Å². The molecular weight excluding hydrogens is 440 g/mol. The summed E-state index contributed by atoms with van der Waals surface area (Å²) in [5.41, 5.74) is 5.39. The third-order valence-corrected chi connectivity index (χ3v) is 6.73. The highest BCUT2D eigenvalue weighted by Crippen LogP contribution is 2.35. The second-order valence-electron chi connectivity index (χ2n) is 9.74. The van der Waals surface area contributed by atoms with Crippen molar-refractivity contribution >= 4 is 11.9 Å². The molecule has 5 rings (SSSR count). The fourth-order valence-corrected chi connectivity index (χ4v) is 4.97. The number of hydrogen-bond donors (Lipinski definition) is 1. The second kappa shape index (κ2) is 10.5. The van der Waals surface area contributed by atoms with E-state index in [1.54, 1.807) is 0 Å². The highest BCUT2D eigenvalue weighted by Gasteiger charge is 2.30. The lowest BCUT2D eigenvalue weighted by molar-refractivity contribution is 0.0791. The molecule has 1 N–H and O–H groups in total. The number of nitrogens with one attached hydrogen (secondary N) is 1. The SMILES string of the molecule is CC(C)NC(=O)N(Cc1c(-c2ccccc2)noc1N1CCc2ccccc2C1)CC1CCCO1. The van der Waals surface area contributed by atoms with Crippen LogP contribution >= 0.6 is 0 Å². The zero-order chi connectivity index (χ0) is 24.2. The lowest BCUT2D eigenvalue weighted by atomic mass is 9.99. The number of nitrogens with zero attached hydrogens (tertiary/aromatic N) is 3. The van der Waals surface area contributed by atoms with E-state index < -0.39 is 0 Å². The molecule has 0 saturated carbocycles. The van der Waals surface area contributed by atoms with E-state index in [4.69, 9.17) is 9.26 Å². The minimum Gasteiger partial charge on any atom is -0.376 e. The van der Waals surface area contributed by atoms with E-state index in [1.165, 1.54) is 11.1 Å². The van der Waals surface area contributed by atoms with Gasteiger partial charge in [-0.15, -0.1) is 0 Å². The van der Waals surface area contributed by atoms with Crippen molar-refractivity contribution in [2.75, 3.05) is 24.6 Å². The van der Waals surface area contributed by atoms with Crippen molar-refractivity contribution in [2.24, 2.45) is 0 Å². The standard InChI is InChI=1S/C28H34N4O3/c1-20(2)29-28(33)32(18-24-13-8-16-34-24)19-25-26(22-10-4-3-5-11-22)30-35-27(25)31-15-14-21-9-6-7-12-23(21)17-31/h3-7,9-12,20,24H,8,13-19H2,1-2H3,(H,29,33). The molecule has 2 amide bonds. The third kappa shape index (κ3) is 5.35. The van der Waals surface area contributed by atoms with Crippen molar-refractivity contribution in [3.8, 4) is 11.3 Å². The number of amides is 2. The van der Waals surface area contributed by atoms with Gasteiger partial charge in [0.2, 0.25) is 5.88 Å². The number of aromatic nitrogens is 1. The Morgan fingerprint density at radius 3 is 2.66 bits per heavy atom. The van der Waals surface area contributed by atoms with Gasteiger partial charge in [-0.05, 0) is 44.2 Å². The number of anilines is 1. The van der Waals surface area contributed by atoms with E-state index in [0.717, 1.165) is 61.7 Å².